The molecule has 1 radical (unpaired) electrons. The summed E-state index contributed by atoms with van der Waals surface area (Å²) in [6.07, 6.45) is -8.85. The minimum Gasteiger partial charge on any atom is -0.526 e. The maximum Gasteiger partial charge on any atom is 0.658 e. The third-order valence-corrected chi connectivity index (χ3v) is 2.82. The molecular weight excluding hydrogens is 381 g/mol. The largest absolute Gasteiger partial charge is 0.658 e. The fourth-order valence-electron chi connectivity index (χ4n) is 1.69. The Morgan fingerprint density at radius 3 is 1.15 bits per heavy atom. The van der Waals surface area contributed by atoms with Crippen LogP contribution >= 0.6 is 0 Å². The summed E-state index contributed by atoms with van der Waals surface area (Å²) in [7, 11) is 0.956. The molecular formula is C16H12BF6O4. The van der Waals surface area contributed by atoms with Crippen LogP contribution in [0.1, 0.15) is 0 Å². The van der Waals surface area contributed by atoms with Crippen molar-refractivity contribution in [1.82, 2.24) is 0 Å². The first-order valence-corrected chi connectivity index (χ1v) is 7.35. The Labute approximate surface area is 150 Å². The van der Waals surface area contributed by atoms with Crippen LogP contribution < -0.4 is 18.8 Å². The second-order valence-electron chi connectivity index (χ2n) is 5.08. The van der Waals surface area contributed by atoms with E-state index in [1.54, 1.807) is 0 Å². The van der Waals surface area contributed by atoms with Gasteiger partial charge in [-0.15, -0.1) is 0 Å². The molecule has 2 aromatic carbocycles. The lowest BCUT2D eigenvalue weighted by Gasteiger charge is -2.11. The van der Waals surface area contributed by atoms with Crippen LogP contribution in [-0.4, -0.2) is 33.3 Å². The summed E-state index contributed by atoms with van der Waals surface area (Å²) in [5.74, 6) is 0.601. The Morgan fingerprint density at radius 2 is 0.852 bits per heavy atom. The highest BCUT2D eigenvalue weighted by molar-refractivity contribution is 6.20. The maximum atomic E-state index is 12.0. The van der Waals surface area contributed by atoms with Gasteiger partial charge in [-0.05, 0) is 48.5 Å². The van der Waals surface area contributed by atoms with E-state index < -0.39 is 25.6 Å². The van der Waals surface area contributed by atoms with Gasteiger partial charge in [0.25, 0.3) is 0 Å². The molecule has 0 bridgehead atoms. The van der Waals surface area contributed by atoms with Gasteiger partial charge in [0.1, 0.15) is 23.0 Å². The highest BCUT2D eigenvalue weighted by Gasteiger charge is 2.29. The third-order valence-electron chi connectivity index (χ3n) is 2.82. The molecule has 0 N–H and O–H groups in total. The van der Waals surface area contributed by atoms with E-state index in [1.165, 1.54) is 48.5 Å². The average Bonchev–Trinajstić information content (AvgIpc) is 2.59. The van der Waals surface area contributed by atoms with Gasteiger partial charge in [-0.3, -0.25) is 0 Å². The quantitative estimate of drug-likeness (QED) is 0.487. The zero-order chi connectivity index (χ0) is 19.9. The minimum absolute atomic E-state index is 0.0232. The molecule has 0 saturated heterocycles. The second-order valence-corrected chi connectivity index (χ2v) is 5.08. The molecule has 0 amide bonds. The summed E-state index contributed by atoms with van der Waals surface area (Å²) in [5, 5.41) is 0. The van der Waals surface area contributed by atoms with E-state index >= 15 is 0 Å². The molecule has 0 atom stereocenters. The Balaban J connectivity index is 1.74. The summed E-state index contributed by atoms with van der Waals surface area (Å²) in [6.45, 7) is -2.80. The van der Waals surface area contributed by atoms with Crippen LogP contribution in [0.3, 0.4) is 0 Å². The van der Waals surface area contributed by atoms with Gasteiger partial charge in [-0.1, -0.05) is 0 Å². The number of halogens is 6. The molecule has 2 aromatic rings. The second kappa shape index (κ2) is 8.78. The molecule has 0 fully saturated rings. The van der Waals surface area contributed by atoms with Crippen LogP contribution in [0.15, 0.2) is 48.5 Å². The number of benzene rings is 2. The number of ether oxygens (including phenoxy) is 2. The molecule has 27 heavy (non-hydrogen) atoms. The fraction of sp³-hybridized carbons (Fsp3) is 0.250. The number of rotatable bonds is 8. The smallest absolute Gasteiger partial charge is 0.526 e. The van der Waals surface area contributed by atoms with Gasteiger partial charge in [-0.2, -0.15) is 26.3 Å². The highest BCUT2D eigenvalue weighted by Crippen LogP contribution is 2.23. The fourth-order valence-corrected chi connectivity index (χ4v) is 1.69. The number of hydrogen-bond acceptors (Lipinski definition) is 4. The van der Waals surface area contributed by atoms with E-state index in [9.17, 15) is 26.3 Å². The summed E-state index contributed by atoms with van der Waals surface area (Å²) in [6, 6.07) is 10.7. The maximum absolute atomic E-state index is 12.0. The van der Waals surface area contributed by atoms with E-state index in [2.05, 4.69) is 9.47 Å². The average molecular weight is 393 g/mol. The summed E-state index contributed by atoms with van der Waals surface area (Å²) in [5.41, 5.74) is 0. The molecule has 0 aliphatic rings. The van der Waals surface area contributed by atoms with Crippen LogP contribution in [0.5, 0.6) is 23.0 Å². The van der Waals surface area contributed by atoms with Crippen molar-refractivity contribution in [2.75, 3.05) is 13.2 Å². The molecule has 2 rings (SSSR count). The molecule has 0 heterocycles. The van der Waals surface area contributed by atoms with Crippen molar-refractivity contribution in [2.24, 2.45) is 0 Å². The molecule has 0 aliphatic heterocycles. The SMILES string of the molecule is FC(F)(F)COc1ccc(O[B]Oc2ccc(OCC(F)(F)F)cc2)cc1. The zero-order valence-electron chi connectivity index (χ0n) is 13.5. The Hall–Kier alpha value is -2.72. The van der Waals surface area contributed by atoms with E-state index in [-0.39, 0.29) is 23.0 Å². The summed E-state index contributed by atoms with van der Waals surface area (Å²) in [4.78, 5) is 0. The van der Waals surface area contributed by atoms with Gasteiger partial charge in [0.2, 0.25) is 0 Å². The van der Waals surface area contributed by atoms with Gasteiger partial charge >= 0.3 is 20.0 Å². The predicted molar refractivity (Wildman–Crippen MR) is 83.0 cm³/mol. The van der Waals surface area contributed by atoms with Crippen molar-refractivity contribution in [2.45, 2.75) is 12.4 Å². The third kappa shape index (κ3) is 8.47. The van der Waals surface area contributed by atoms with Crippen molar-refractivity contribution in [3.05, 3.63) is 48.5 Å². The van der Waals surface area contributed by atoms with Gasteiger partial charge in [-0.25, -0.2) is 0 Å². The lowest BCUT2D eigenvalue weighted by molar-refractivity contribution is -0.154. The molecule has 0 unspecified atom stereocenters. The first-order valence-electron chi connectivity index (χ1n) is 7.35. The molecule has 0 saturated carbocycles. The molecule has 0 spiro atoms. The molecule has 4 nitrogen and oxygen atoms in total. The highest BCUT2D eigenvalue weighted by atomic mass is 19.4. The Bertz CT molecular complexity index is 639. The van der Waals surface area contributed by atoms with Crippen molar-refractivity contribution in [3.63, 3.8) is 0 Å². The van der Waals surface area contributed by atoms with Gasteiger partial charge < -0.3 is 18.8 Å². The minimum atomic E-state index is -4.43. The Kier molecular flexibility index (Phi) is 6.70. The van der Waals surface area contributed by atoms with Crippen molar-refractivity contribution in [3.8, 4) is 23.0 Å². The summed E-state index contributed by atoms with van der Waals surface area (Å²) >= 11 is 0. The van der Waals surface area contributed by atoms with Crippen molar-refractivity contribution < 1.29 is 45.1 Å². The zero-order valence-corrected chi connectivity index (χ0v) is 13.5. The van der Waals surface area contributed by atoms with Gasteiger partial charge in [0.05, 0.1) is 0 Å². The first kappa shape index (κ1) is 20.6. The monoisotopic (exact) mass is 393 g/mol. The number of hydrogen-bond donors (Lipinski definition) is 0. The molecule has 11 heteroatoms. The molecule has 0 aliphatic carbocycles. The van der Waals surface area contributed by atoms with Gasteiger partial charge in [0.15, 0.2) is 13.2 Å². The van der Waals surface area contributed by atoms with Crippen molar-refractivity contribution >= 4 is 7.69 Å². The van der Waals surface area contributed by atoms with Crippen LogP contribution in [0.4, 0.5) is 26.3 Å². The summed E-state index contributed by atoms with van der Waals surface area (Å²) < 4.78 is 91.6. The molecule has 0 aromatic heterocycles. The van der Waals surface area contributed by atoms with Crippen LogP contribution in [0.2, 0.25) is 0 Å². The number of alkyl halides is 6. The van der Waals surface area contributed by atoms with E-state index in [0.717, 1.165) is 7.69 Å². The first-order chi connectivity index (χ1) is 12.6. The Morgan fingerprint density at radius 1 is 0.556 bits per heavy atom. The standard InChI is InChI=1S/C16H12BF6O4/c18-15(19,20)9-24-11-1-5-13(6-2-11)26-17-27-14-7-3-12(4-8-14)25-10-16(21,22)23/h1-8H,9-10H2. The van der Waals surface area contributed by atoms with E-state index in [4.69, 9.17) is 9.31 Å². The predicted octanol–water partition coefficient (Wildman–Crippen LogP) is 4.56. The van der Waals surface area contributed by atoms with Crippen LogP contribution in [0, 0.1) is 0 Å². The van der Waals surface area contributed by atoms with Crippen LogP contribution in [-0.2, 0) is 0 Å². The molecule has 145 valence electrons. The van der Waals surface area contributed by atoms with E-state index in [1.807, 2.05) is 0 Å². The van der Waals surface area contributed by atoms with E-state index in [0.29, 0.717) is 0 Å². The lowest BCUT2D eigenvalue weighted by Crippen LogP contribution is -2.19. The van der Waals surface area contributed by atoms with Crippen molar-refractivity contribution in [1.29, 1.82) is 0 Å². The lowest BCUT2D eigenvalue weighted by atomic mass is 10.3. The van der Waals surface area contributed by atoms with Crippen LogP contribution in [0.25, 0.3) is 0 Å². The normalized spacial score (nSPS) is 11.6. The topological polar surface area (TPSA) is 36.9 Å². The van der Waals surface area contributed by atoms with Gasteiger partial charge in [0, 0.05) is 0 Å².